The Balaban J connectivity index is 2.77. The van der Waals surface area contributed by atoms with Crippen LogP contribution in [0.1, 0.15) is 13.8 Å². The molecule has 94 valence electrons. The zero-order valence-electron chi connectivity index (χ0n) is 9.81. The zero-order chi connectivity index (χ0) is 13.9. The maximum Gasteiger partial charge on any atom is 0.382 e. The Morgan fingerprint density at radius 2 is 1.44 bits per heavy atom. The topological polar surface area (TPSA) is 86.7 Å². The van der Waals surface area contributed by atoms with Gasteiger partial charge in [-0.1, -0.05) is 6.58 Å². The summed E-state index contributed by atoms with van der Waals surface area (Å²) in [6.45, 7) is 5.89. The van der Waals surface area contributed by atoms with Gasteiger partial charge in [-0.3, -0.25) is 9.59 Å². The summed E-state index contributed by atoms with van der Waals surface area (Å²) in [6.07, 6.45) is 2.10. The van der Waals surface area contributed by atoms with Crippen LogP contribution in [-0.4, -0.2) is 23.5 Å². The summed E-state index contributed by atoms with van der Waals surface area (Å²) in [5.74, 6) is -3.16. The molecule has 0 fully saturated rings. The molecular weight excluding hydrogens is 240 g/mol. The SMILES string of the molecule is C=C(C)C(=O)OOC(=O)C(C)=C1C(=O)C=CC1=O. The van der Waals surface area contributed by atoms with Gasteiger partial charge in [0.05, 0.1) is 11.1 Å². The molecule has 0 bridgehead atoms. The summed E-state index contributed by atoms with van der Waals surface area (Å²) in [4.78, 5) is 53.3. The molecule has 0 amide bonds. The van der Waals surface area contributed by atoms with Gasteiger partial charge in [-0.25, -0.2) is 19.4 Å². The normalized spacial score (nSPS) is 13.6. The van der Waals surface area contributed by atoms with Crippen LogP contribution in [0.2, 0.25) is 0 Å². The van der Waals surface area contributed by atoms with E-state index < -0.39 is 23.5 Å². The number of carbonyl (C=O) groups excluding carboxylic acids is 4. The number of ketones is 2. The number of hydrogen-bond acceptors (Lipinski definition) is 6. The molecule has 0 N–H and O–H groups in total. The van der Waals surface area contributed by atoms with Crippen LogP contribution < -0.4 is 0 Å². The Morgan fingerprint density at radius 1 is 1.00 bits per heavy atom. The molecule has 0 aromatic heterocycles. The van der Waals surface area contributed by atoms with E-state index in [0.29, 0.717) is 0 Å². The predicted molar refractivity (Wildman–Crippen MR) is 58.9 cm³/mol. The lowest BCUT2D eigenvalue weighted by atomic mass is 10.1. The first-order valence-electron chi connectivity index (χ1n) is 4.91. The number of carbonyl (C=O) groups is 4. The second kappa shape index (κ2) is 5.22. The average Bonchev–Trinajstić information content (AvgIpc) is 2.64. The third kappa shape index (κ3) is 2.79. The van der Waals surface area contributed by atoms with Crippen molar-refractivity contribution in [2.24, 2.45) is 0 Å². The molecule has 0 aromatic carbocycles. The molecule has 6 nitrogen and oxygen atoms in total. The predicted octanol–water partition coefficient (Wildman–Crippen LogP) is 0.588. The van der Waals surface area contributed by atoms with Crippen molar-refractivity contribution in [3.8, 4) is 0 Å². The van der Waals surface area contributed by atoms with Crippen molar-refractivity contribution in [1.29, 1.82) is 0 Å². The zero-order valence-corrected chi connectivity index (χ0v) is 9.81. The van der Waals surface area contributed by atoms with Gasteiger partial charge in [0.1, 0.15) is 0 Å². The molecule has 18 heavy (non-hydrogen) atoms. The first-order valence-corrected chi connectivity index (χ1v) is 4.91. The van der Waals surface area contributed by atoms with Gasteiger partial charge >= 0.3 is 11.9 Å². The molecule has 0 radical (unpaired) electrons. The smallest absolute Gasteiger partial charge is 0.289 e. The lowest BCUT2D eigenvalue weighted by Crippen LogP contribution is -2.16. The second-order valence-corrected chi connectivity index (χ2v) is 3.58. The van der Waals surface area contributed by atoms with Crippen LogP contribution in [0.3, 0.4) is 0 Å². The summed E-state index contributed by atoms with van der Waals surface area (Å²) >= 11 is 0. The Hall–Kier alpha value is -2.50. The molecule has 0 saturated carbocycles. The van der Waals surface area contributed by atoms with E-state index in [0.717, 1.165) is 12.2 Å². The minimum Gasteiger partial charge on any atom is -0.289 e. The van der Waals surface area contributed by atoms with E-state index >= 15 is 0 Å². The van der Waals surface area contributed by atoms with Crippen LogP contribution in [0.25, 0.3) is 0 Å². The fourth-order valence-corrected chi connectivity index (χ4v) is 1.12. The van der Waals surface area contributed by atoms with Gasteiger partial charge in [0.25, 0.3) is 0 Å². The minimum absolute atomic E-state index is 0.0443. The fraction of sp³-hybridized carbons (Fsp3) is 0.167. The van der Waals surface area contributed by atoms with Crippen LogP contribution in [0, 0.1) is 0 Å². The maximum atomic E-state index is 11.4. The fourth-order valence-electron chi connectivity index (χ4n) is 1.12. The van der Waals surface area contributed by atoms with Crippen molar-refractivity contribution in [2.45, 2.75) is 13.8 Å². The van der Waals surface area contributed by atoms with Crippen molar-refractivity contribution >= 4 is 23.5 Å². The molecule has 1 aliphatic rings. The number of allylic oxidation sites excluding steroid dienone is 3. The highest BCUT2D eigenvalue weighted by molar-refractivity contribution is 6.35. The van der Waals surface area contributed by atoms with Crippen LogP contribution in [0.4, 0.5) is 0 Å². The molecule has 1 aliphatic carbocycles. The molecular formula is C12H10O6. The van der Waals surface area contributed by atoms with Gasteiger partial charge < -0.3 is 0 Å². The average molecular weight is 250 g/mol. The van der Waals surface area contributed by atoms with Gasteiger partial charge in [0.15, 0.2) is 11.6 Å². The van der Waals surface area contributed by atoms with Gasteiger partial charge in [0, 0.05) is 5.57 Å². The molecule has 0 aliphatic heterocycles. The molecule has 1 rings (SSSR count). The molecule has 0 atom stereocenters. The van der Waals surface area contributed by atoms with Gasteiger partial charge in [-0.2, -0.15) is 0 Å². The summed E-state index contributed by atoms with van der Waals surface area (Å²) in [5, 5.41) is 0. The third-order valence-corrected chi connectivity index (χ3v) is 2.10. The second-order valence-electron chi connectivity index (χ2n) is 3.58. The molecule has 0 heterocycles. The highest BCUT2D eigenvalue weighted by Crippen LogP contribution is 2.15. The maximum absolute atomic E-state index is 11.4. The van der Waals surface area contributed by atoms with E-state index in [1.165, 1.54) is 13.8 Å². The lowest BCUT2D eigenvalue weighted by molar-refractivity contribution is -0.252. The summed E-state index contributed by atoms with van der Waals surface area (Å²) in [7, 11) is 0. The highest BCUT2D eigenvalue weighted by Gasteiger charge is 2.27. The monoisotopic (exact) mass is 250 g/mol. The summed E-state index contributed by atoms with van der Waals surface area (Å²) in [6, 6.07) is 0. The number of hydrogen-bond donors (Lipinski definition) is 0. The van der Waals surface area contributed by atoms with Gasteiger partial charge in [0.2, 0.25) is 0 Å². The molecule has 0 unspecified atom stereocenters. The lowest BCUT2D eigenvalue weighted by Gasteiger charge is -2.04. The third-order valence-electron chi connectivity index (χ3n) is 2.10. The number of rotatable bonds is 2. The van der Waals surface area contributed by atoms with Crippen molar-refractivity contribution < 1.29 is 29.0 Å². The van der Waals surface area contributed by atoms with Crippen molar-refractivity contribution in [2.75, 3.05) is 0 Å². The summed E-state index contributed by atoms with van der Waals surface area (Å²) in [5.41, 5.74) is -0.460. The molecule has 0 aromatic rings. The Bertz CT molecular complexity index is 501. The van der Waals surface area contributed by atoms with Crippen LogP contribution in [0.15, 0.2) is 35.5 Å². The molecule has 6 heteroatoms. The van der Waals surface area contributed by atoms with Gasteiger partial charge in [-0.05, 0) is 26.0 Å². The standard InChI is InChI=1S/C12H10O6/c1-6(2)11(15)17-18-12(16)7(3)10-8(13)4-5-9(10)14/h4-5H,1H2,2-3H3. The van der Waals surface area contributed by atoms with Crippen LogP contribution in [0.5, 0.6) is 0 Å². The molecule has 0 saturated heterocycles. The van der Waals surface area contributed by atoms with E-state index in [9.17, 15) is 19.2 Å². The van der Waals surface area contributed by atoms with Gasteiger partial charge in [-0.15, -0.1) is 0 Å². The van der Waals surface area contributed by atoms with Crippen molar-refractivity contribution in [3.63, 3.8) is 0 Å². The summed E-state index contributed by atoms with van der Waals surface area (Å²) < 4.78 is 0. The Kier molecular flexibility index (Phi) is 3.93. The molecule has 0 spiro atoms. The van der Waals surface area contributed by atoms with E-state index in [1.54, 1.807) is 0 Å². The van der Waals surface area contributed by atoms with Crippen LogP contribution in [-0.2, 0) is 29.0 Å². The van der Waals surface area contributed by atoms with E-state index in [2.05, 4.69) is 16.4 Å². The Labute approximate surface area is 102 Å². The first-order chi connectivity index (χ1) is 8.34. The largest absolute Gasteiger partial charge is 0.382 e. The first kappa shape index (κ1) is 13.6. The van der Waals surface area contributed by atoms with Crippen molar-refractivity contribution in [3.05, 3.63) is 35.5 Å². The van der Waals surface area contributed by atoms with E-state index in [4.69, 9.17) is 0 Å². The Morgan fingerprint density at radius 3 is 1.89 bits per heavy atom. The van der Waals surface area contributed by atoms with E-state index in [1.807, 2.05) is 0 Å². The quantitative estimate of drug-likeness (QED) is 0.308. The van der Waals surface area contributed by atoms with Crippen molar-refractivity contribution in [1.82, 2.24) is 0 Å². The van der Waals surface area contributed by atoms with Crippen LogP contribution >= 0.6 is 0 Å². The highest BCUT2D eigenvalue weighted by atomic mass is 17.2. The minimum atomic E-state index is -1.08. The van der Waals surface area contributed by atoms with E-state index in [-0.39, 0.29) is 16.7 Å².